The van der Waals surface area contributed by atoms with Crippen LogP contribution in [0, 0.1) is 0 Å². The first-order valence-corrected chi connectivity index (χ1v) is 6.96. The molecule has 106 valence electrons. The third-order valence-corrected chi connectivity index (χ3v) is 3.61. The van der Waals surface area contributed by atoms with E-state index in [9.17, 15) is 4.79 Å². The molecule has 6 heteroatoms. The van der Waals surface area contributed by atoms with Crippen LogP contribution in [0.15, 0.2) is 24.7 Å². The number of aromatic nitrogens is 3. The van der Waals surface area contributed by atoms with Gasteiger partial charge < -0.3 is 20.6 Å². The summed E-state index contributed by atoms with van der Waals surface area (Å²) < 4.78 is 1.99. The van der Waals surface area contributed by atoms with Crippen LogP contribution in [0.4, 0.5) is 5.69 Å². The van der Waals surface area contributed by atoms with Crippen molar-refractivity contribution in [1.29, 1.82) is 0 Å². The van der Waals surface area contributed by atoms with Gasteiger partial charge in [0.25, 0.3) is 5.91 Å². The number of imidazole rings is 1. The van der Waals surface area contributed by atoms with Gasteiger partial charge in [-0.1, -0.05) is 6.92 Å². The van der Waals surface area contributed by atoms with Crippen molar-refractivity contribution in [1.82, 2.24) is 19.9 Å². The first kappa shape index (κ1) is 12.8. The number of nitrogens with one attached hydrogen (secondary N) is 2. The van der Waals surface area contributed by atoms with Gasteiger partial charge in [0.2, 0.25) is 0 Å². The zero-order valence-corrected chi connectivity index (χ0v) is 11.5. The maximum Gasteiger partial charge on any atom is 0.268 e. The average molecular weight is 273 g/mol. The average Bonchev–Trinajstić information content (AvgIpc) is 2.99. The van der Waals surface area contributed by atoms with Crippen molar-refractivity contribution >= 4 is 11.6 Å². The van der Waals surface area contributed by atoms with E-state index in [0.29, 0.717) is 17.4 Å². The molecule has 1 aliphatic carbocycles. The van der Waals surface area contributed by atoms with Crippen LogP contribution < -0.4 is 11.1 Å². The Kier molecular flexibility index (Phi) is 3.22. The summed E-state index contributed by atoms with van der Waals surface area (Å²) >= 11 is 0. The Hall–Kier alpha value is -2.24. The Bertz CT molecular complexity index is 597. The van der Waals surface area contributed by atoms with Gasteiger partial charge in [0, 0.05) is 24.6 Å². The number of nitrogens with two attached hydrogens (primary N) is 1. The summed E-state index contributed by atoms with van der Waals surface area (Å²) in [6.07, 6.45) is 8.30. The molecule has 1 aliphatic rings. The fourth-order valence-electron chi connectivity index (χ4n) is 2.40. The third-order valence-electron chi connectivity index (χ3n) is 3.61. The fourth-order valence-corrected chi connectivity index (χ4v) is 2.40. The Morgan fingerprint density at radius 2 is 2.45 bits per heavy atom. The van der Waals surface area contributed by atoms with Crippen molar-refractivity contribution in [3.8, 4) is 0 Å². The minimum absolute atomic E-state index is 0.100. The summed E-state index contributed by atoms with van der Waals surface area (Å²) in [7, 11) is 0. The first-order valence-electron chi connectivity index (χ1n) is 6.96. The van der Waals surface area contributed by atoms with E-state index in [1.807, 2.05) is 17.7 Å². The van der Waals surface area contributed by atoms with E-state index in [-0.39, 0.29) is 11.9 Å². The number of anilines is 1. The standard InChI is InChI=1S/C14H19N5O/c1-2-11(13-16-5-6-17-13)18-14(20)12-7-9(15)8-19(12)10-3-4-10/h5-8,10-11H,2-4,15H2,1H3,(H,16,17)(H,18,20). The van der Waals surface area contributed by atoms with Crippen molar-refractivity contribution in [3.63, 3.8) is 0 Å². The van der Waals surface area contributed by atoms with Crippen molar-refractivity contribution < 1.29 is 4.79 Å². The Labute approximate surface area is 117 Å². The van der Waals surface area contributed by atoms with Crippen LogP contribution in [0.5, 0.6) is 0 Å². The zero-order valence-electron chi connectivity index (χ0n) is 11.5. The number of H-pyrrole nitrogens is 1. The van der Waals surface area contributed by atoms with Gasteiger partial charge in [-0.05, 0) is 25.3 Å². The van der Waals surface area contributed by atoms with Crippen LogP contribution in [0.3, 0.4) is 0 Å². The summed E-state index contributed by atoms with van der Waals surface area (Å²) in [6.45, 7) is 2.02. The lowest BCUT2D eigenvalue weighted by Crippen LogP contribution is -2.30. The number of amides is 1. The van der Waals surface area contributed by atoms with Gasteiger partial charge in [-0.15, -0.1) is 0 Å². The lowest BCUT2D eigenvalue weighted by atomic mass is 10.2. The molecule has 1 saturated carbocycles. The Morgan fingerprint density at radius 1 is 1.65 bits per heavy atom. The van der Waals surface area contributed by atoms with E-state index >= 15 is 0 Å². The molecule has 20 heavy (non-hydrogen) atoms. The van der Waals surface area contributed by atoms with E-state index in [4.69, 9.17) is 5.73 Å². The number of hydrogen-bond donors (Lipinski definition) is 3. The van der Waals surface area contributed by atoms with Gasteiger partial charge in [-0.2, -0.15) is 0 Å². The number of carbonyl (C=O) groups is 1. The third kappa shape index (κ3) is 2.41. The van der Waals surface area contributed by atoms with Crippen LogP contribution in [0.1, 0.15) is 54.6 Å². The molecule has 6 nitrogen and oxygen atoms in total. The summed E-state index contributed by atoms with van der Waals surface area (Å²) in [5.74, 6) is 0.676. The second kappa shape index (κ2) is 5.03. The Morgan fingerprint density at radius 3 is 3.05 bits per heavy atom. The summed E-state index contributed by atoms with van der Waals surface area (Å²) in [5.41, 5.74) is 7.09. The molecule has 1 atom stereocenters. The maximum atomic E-state index is 12.4. The quantitative estimate of drug-likeness (QED) is 0.778. The number of nitrogen functional groups attached to an aromatic ring is 1. The highest BCUT2D eigenvalue weighted by molar-refractivity contribution is 5.94. The highest BCUT2D eigenvalue weighted by Crippen LogP contribution is 2.37. The molecule has 2 heterocycles. The monoisotopic (exact) mass is 273 g/mol. The van der Waals surface area contributed by atoms with Crippen LogP contribution >= 0.6 is 0 Å². The van der Waals surface area contributed by atoms with E-state index in [1.165, 1.54) is 0 Å². The van der Waals surface area contributed by atoms with Gasteiger partial charge in [-0.3, -0.25) is 4.79 Å². The SMILES string of the molecule is CCC(NC(=O)c1cc(N)cn1C1CC1)c1ncc[nH]1. The number of nitrogens with zero attached hydrogens (tertiary/aromatic N) is 2. The van der Waals surface area contributed by atoms with E-state index < -0.39 is 0 Å². The number of rotatable bonds is 5. The van der Waals surface area contributed by atoms with Crippen molar-refractivity contribution in [2.24, 2.45) is 0 Å². The van der Waals surface area contributed by atoms with Gasteiger partial charge in [0.05, 0.1) is 11.7 Å². The molecule has 0 aromatic carbocycles. The van der Waals surface area contributed by atoms with E-state index in [2.05, 4.69) is 15.3 Å². The fraction of sp³-hybridized carbons (Fsp3) is 0.429. The zero-order chi connectivity index (χ0) is 14.1. The molecule has 2 aromatic rings. The molecule has 0 radical (unpaired) electrons. The highest BCUT2D eigenvalue weighted by Gasteiger charge is 2.28. The van der Waals surface area contributed by atoms with Crippen molar-refractivity contribution in [2.45, 2.75) is 38.3 Å². The normalized spacial score (nSPS) is 16.1. The molecule has 0 bridgehead atoms. The molecule has 1 unspecified atom stereocenters. The van der Waals surface area contributed by atoms with Gasteiger partial charge >= 0.3 is 0 Å². The van der Waals surface area contributed by atoms with E-state index in [0.717, 1.165) is 25.1 Å². The highest BCUT2D eigenvalue weighted by atomic mass is 16.2. The molecule has 1 fully saturated rings. The second-order valence-corrected chi connectivity index (χ2v) is 5.21. The Balaban J connectivity index is 1.78. The number of aromatic amines is 1. The molecule has 0 aliphatic heterocycles. The minimum Gasteiger partial charge on any atom is -0.397 e. The largest absolute Gasteiger partial charge is 0.397 e. The van der Waals surface area contributed by atoms with Crippen LogP contribution in [-0.4, -0.2) is 20.4 Å². The molecule has 4 N–H and O–H groups in total. The van der Waals surface area contributed by atoms with Crippen LogP contribution in [0.25, 0.3) is 0 Å². The molecule has 0 spiro atoms. The smallest absolute Gasteiger partial charge is 0.268 e. The molecular weight excluding hydrogens is 254 g/mol. The van der Waals surface area contributed by atoms with E-state index in [1.54, 1.807) is 18.5 Å². The minimum atomic E-state index is -0.110. The van der Waals surface area contributed by atoms with Gasteiger partial charge in [-0.25, -0.2) is 4.98 Å². The van der Waals surface area contributed by atoms with Crippen LogP contribution in [0.2, 0.25) is 0 Å². The second-order valence-electron chi connectivity index (χ2n) is 5.21. The van der Waals surface area contributed by atoms with Crippen LogP contribution in [-0.2, 0) is 0 Å². The van der Waals surface area contributed by atoms with Crippen molar-refractivity contribution in [3.05, 3.63) is 36.2 Å². The molecule has 2 aromatic heterocycles. The molecule has 1 amide bonds. The van der Waals surface area contributed by atoms with Gasteiger partial charge in [0.15, 0.2) is 0 Å². The first-order chi connectivity index (χ1) is 9.69. The summed E-state index contributed by atoms with van der Waals surface area (Å²) in [4.78, 5) is 19.7. The summed E-state index contributed by atoms with van der Waals surface area (Å²) in [6, 6.07) is 2.06. The topological polar surface area (TPSA) is 88.7 Å². The predicted octanol–water partition coefficient (Wildman–Crippen LogP) is 2.01. The number of carbonyl (C=O) groups excluding carboxylic acids is 1. The lowest BCUT2D eigenvalue weighted by molar-refractivity contribution is 0.0924. The van der Waals surface area contributed by atoms with Crippen molar-refractivity contribution in [2.75, 3.05) is 5.73 Å². The molecular formula is C14H19N5O. The predicted molar refractivity (Wildman–Crippen MR) is 76.2 cm³/mol. The van der Waals surface area contributed by atoms with Gasteiger partial charge in [0.1, 0.15) is 11.5 Å². The molecule has 3 rings (SSSR count). The lowest BCUT2D eigenvalue weighted by Gasteiger charge is -2.15. The maximum absolute atomic E-state index is 12.4. The summed E-state index contributed by atoms with van der Waals surface area (Å²) in [5, 5.41) is 3.01. The molecule has 0 saturated heterocycles. The number of hydrogen-bond acceptors (Lipinski definition) is 3.